The average molecular weight is 312 g/mol. The third-order valence-corrected chi connectivity index (χ3v) is 4.63. The van der Waals surface area contributed by atoms with Crippen LogP contribution in [-0.4, -0.2) is 13.4 Å². The lowest BCUT2D eigenvalue weighted by molar-refractivity contribution is 0.601. The van der Waals surface area contributed by atoms with Crippen molar-refractivity contribution in [3.63, 3.8) is 0 Å². The molecule has 0 fully saturated rings. The molecule has 2 aromatic rings. The number of nitrogens with zero attached hydrogens (tertiary/aromatic N) is 1. The minimum Gasteiger partial charge on any atom is -0.397 e. The molecular formula is C13H14ClN3O2S. The molecule has 1 aromatic heterocycles. The summed E-state index contributed by atoms with van der Waals surface area (Å²) in [6.45, 7) is 3.45. The lowest BCUT2D eigenvalue weighted by Gasteiger charge is -2.13. The molecule has 1 aromatic carbocycles. The largest absolute Gasteiger partial charge is 0.397 e. The summed E-state index contributed by atoms with van der Waals surface area (Å²) in [7, 11) is -3.79. The van der Waals surface area contributed by atoms with Gasteiger partial charge < -0.3 is 5.73 Å². The van der Waals surface area contributed by atoms with E-state index in [2.05, 4.69) is 9.71 Å². The molecule has 0 radical (unpaired) electrons. The zero-order valence-electron chi connectivity index (χ0n) is 11.0. The van der Waals surface area contributed by atoms with Crippen molar-refractivity contribution in [1.29, 1.82) is 0 Å². The number of aryl methyl sites for hydroxylation is 2. The van der Waals surface area contributed by atoms with Crippen LogP contribution in [0, 0.1) is 13.8 Å². The van der Waals surface area contributed by atoms with Gasteiger partial charge in [-0.1, -0.05) is 23.7 Å². The van der Waals surface area contributed by atoms with E-state index < -0.39 is 10.0 Å². The van der Waals surface area contributed by atoms with Gasteiger partial charge in [-0.3, -0.25) is 4.72 Å². The van der Waals surface area contributed by atoms with Crippen molar-refractivity contribution in [2.24, 2.45) is 0 Å². The fraction of sp³-hybridized carbons (Fsp3) is 0.154. The number of nitrogens with one attached hydrogen (secondary N) is 1. The van der Waals surface area contributed by atoms with Gasteiger partial charge >= 0.3 is 0 Å². The van der Waals surface area contributed by atoms with Gasteiger partial charge in [-0.2, -0.15) is 0 Å². The molecule has 0 unspecified atom stereocenters. The highest BCUT2D eigenvalue weighted by atomic mass is 35.5. The SMILES string of the molecule is Cc1ccc(C)c(S(=O)(=O)Nc2ccc(Cl)cn2)c1N. The Labute approximate surface area is 122 Å². The van der Waals surface area contributed by atoms with Crippen molar-refractivity contribution < 1.29 is 8.42 Å². The highest BCUT2D eigenvalue weighted by molar-refractivity contribution is 7.93. The minimum absolute atomic E-state index is 0.0780. The molecule has 5 nitrogen and oxygen atoms in total. The molecular weight excluding hydrogens is 298 g/mol. The molecule has 0 saturated heterocycles. The van der Waals surface area contributed by atoms with Crippen LogP contribution in [-0.2, 0) is 10.0 Å². The Hall–Kier alpha value is -1.79. The molecule has 0 bridgehead atoms. The van der Waals surface area contributed by atoms with Gasteiger partial charge in [0.15, 0.2) is 0 Å². The standard InChI is InChI=1S/C13H14ClN3O2S/c1-8-3-4-9(2)13(12(8)15)20(18,19)17-11-6-5-10(14)7-16-11/h3-7H,15H2,1-2H3,(H,16,17). The maximum absolute atomic E-state index is 12.4. The van der Waals surface area contributed by atoms with Gasteiger partial charge in [0.05, 0.1) is 10.7 Å². The highest BCUT2D eigenvalue weighted by Crippen LogP contribution is 2.27. The predicted molar refractivity (Wildman–Crippen MR) is 80.4 cm³/mol. The first-order valence-electron chi connectivity index (χ1n) is 5.81. The van der Waals surface area contributed by atoms with E-state index in [4.69, 9.17) is 17.3 Å². The summed E-state index contributed by atoms with van der Waals surface area (Å²) in [5.74, 6) is 0.190. The average Bonchev–Trinajstić information content (AvgIpc) is 2.37. The number of rotatable bonds is 3. The fourth-order valence-electron chi connectivity index (χ4n) is 1.79. The van der Waals surface area contributed by atoms with Crippen molar-refractivity contribution in [1.82, 2.24) is 4.98 Å². The summed E-state index contributed by atoms with van der Waals surface area (Å²) in [5, 5.41) is 0.430. The monoisotopic (exact) mass is 311 g/mol. The number of nitrogens with two attached hydrogens (primary N) is 1. The first kappa shape index (κ1) is 14.6. The summed E-state index contributed by atoms with van der Waals surface area (Å²) >= 11 is 5.71. The van der Waals surface area contributed by atoms with Crippen LogP contribution in [0.15, 0.2) is 35.4 Å². The molecule has 3 N–H and O–H groups in total. The van der Waals surface area contributed by atoms with Crippen LogP contribution in [0.3, 0.4) is 0 Å². The minimum atomic E-state index is -3.79. The third-order valence-electron chi connectivity index (χ3n) is 2.85. The zero-order valence-corrected chi connectivity index (χ0v) is 12.6. The first-order valence-corrected chi connectivity index (χ1v) is 7.67. The van der Waals surface area contributed by atoms with Gasteiger partial charge in [-0.15, -0.1) is 0 Å². The summed E-state index contributed by atoms with van der Waals surface area (Å²) in [6, 6.07) is 6.54. The Kier molecular flexibility index (Phi) is 3.87. The van der Waals surface area contributed by atoms with E-state index in [1.54, 1.807) is 32.0 Å². The number of pyridine rings is 1. The summed E-state index contributed by atoms with van der Waals surface area (Å²) in [5.41, 5.74) is 7.42. The van der Waals surface area contributed by atoms with Crippen LogP contribution in [0.2, 0.25) is 5.02 Å². The van der Waals surface area contributed by atoms with Crippen molar-refractivity contribution in [3.05, 3.63) is 46.6 Å². The molecule has 0 spiro atoms. The van der Waals surface area contributed by atoms with E-state index in [-0.39, 0.29) is 16.4 Å². The second kappa shape index (κ2) is 5.30. The van der Waals surface area contributed by atoms with Gasteiger partial charge in [0.2, 0.25) is 0 Å². The number of sulfonamides is 1. The lowest BCUT2D eigenvalue weighted by atomic mass is 10.1. The number of halogens is 1. The van der Waals surface area contributed by atoms with E-state index in [0.717, 1.165) is 0 Å². The van der Waals surface area contributed by atoms with Gasteiger partial charge in [-0.05, 0) is 37.1 Å². The normalized spacial score (nSPS) is 11.3. The summed E-state index contributed by atoms with van der Waals surface area (Å²) in [4.78, 5) is 3.99. The van der Waals surface area contributed by atoms with Crippen LogP contribution < -0.4 is 10.5 Å². The third kappa shape index (κ3) is 2.86. The van der Waals surface area contributed by atoms with Crippen LogP contribution >= 0.6 is 11.6 Å². The first-order chi connectivity index (χ1) is 9.31. The Morgan fingerprint density at radius 3 is 2.40 bits per heavy atom. The maximum atomic E-state index is 12.4. The number of aromatic nitrogens is 1. The smallest absolute Gasteiger partial charge is 0.265 e. The zero-order chi connectivity index (χ0) is 14.9. The van der Waals surface area contributed by atoms with Crippen LogP contribution in [0.4, 0.5) is 11.5 Å². The second-order valence-corrected chi connectivity index (χ2v) is 6.46. The van der Waals surface area contributed by atoms with Gasteiger partial charge in [0, 0.05) is 6.20 Å². The highest BCUT2D eigenvalue weighted by Gasteiger charge is 2.21. The number of hydrogen-bond donors (Lipinski definition) is 2. The molecule has 7 heteroatoms. The maximum Gasteiger partial charge on any atom is 0.265 e. The molecule has 1 heterocycles. The van der Waals surface area contributed by atoms with Crippen LogP contribution in [0.1, 0.15) is 11.1 Å². The molecule has 0 amide bonds. The van der Waals surface area contributed by atoms with Crippen molar-refractivity contribution in [2.45, 2.75) is 18.7 Å². The molecule has 0 saturated carbocycles. The second-order valence-electron chi connectivity index (χ2n) is 4.41. The summed E-state index contributed by atoms with van der Waals surface area (Å²) in [6.07, 6.45) is 1.37. The van der Waals surface area contributed by atoms with Crippen molar-refractivity contribution in [2.75, 3.05) is 10.5 Å². The van der Waals surface area contributed by atoms with E-state index in [1.807, 2.05) is 0 Å². The number of benzene rings is 1. The Balaban J connectivity index is 2.46. The Morgan fingerprint density at radius 2 is 1.80 bits per heavy atom. The van der Waals surface area contributed by atoms with E-state index >= 15 is 0 Å². The van der Waals surface area contributed by atoms with Crippen molar-refractivity contribution >= 4 is 33.1 Å². The van der Waals surface area contributed by atoms with Crippen LogP contribution in [0.25, 0.3) is 0 Å². The number of nitrogen functional groups attached to an aromatic ring is 1. The summed E-state index contributed by atoms with van der Waals surface area (Å²) < 4.78 is 27.2. The molecule has 0 aliphatic rings. The number of anilines is 2. The molecule has 0 aliphatic heterocycles. The quantitative estimate of drug-likeness (QED) is 0.853. The lowest BCUT2D eigenvalue weighted by Crippen LogP contribution is -2.17. The van der Waals surface area contributed by atoms with Gasteiger partial charge in [0.25, 0.3) is 10.0 Å². The molecule has 2 rings (SSSR count). The van der Waals surface area contributed by atoms with Crippen LogP contribution in [0.5, 0.6) is 0 Å². The fourth-order valence-corrected chi connectivity index (χ4v) is 3.34. The molecule has 0 aliphatic carbocycles. The van der Waals surface area contributed by atoms with Crippen molar-refractivity contribution in [3.8, 4) is 0 Å². The topological polar surface area (TPSA) is 85.1 Å². The van der Waals surface area contributed by atoms with E-state index in [0.29, 0.717) is 16.1 Å². The van der Waals surface area contributed by atoms with E-state index in [9.17, 15) is 8.42 Å². The molecule has 0 atom stereocenters. The van der Waals surface area contributed by atoms with E-state index in [1.165, 1.54) is 12.3 Å². The Bertz CT molecular complexity index is 743. The van der Waals surface area contributed by atoms with Gasteiger partial charge in [-0.25, -0.2) is 13.4 Å². The number of hydrogen-bond acceptors (Lipinski definition) is 4. The van der Waals surface area contributed by atoms with Gasteiger partial charge in [0.1, 0.15) is 10.7 Å². The Morgan fingerprint density at radius 1 is 1.15 bits per heavy atom. The molecule has 106 valence electrons. The predicted octanol–water partition coefficient (Wildman–Crippen LogP) is 2.73. The molecule has 20 heavy (non-hydrogen) atoms.